The molecule has 0 aliphatic carbocycles. The highest BCUT2D eigenvalue weighted by molar-refractivity contribution is 8.01. The summed E-state index contributed by atoms with van der Waals surface area (Å²) in [6.45, 7) is 3.93. The van der Waals surface area contributed by atoms with Crippen molar-refractivity contribution in [1.29, 1.82) is 0 Å². The number of carbonyl (C=O) groups is 1. The zero-order chi connectivity index (χ0) is 26.4. The Labute approximate surface area is 218 Å². The van der Waals surface area contributed by atoms with Crippen molar-refractivity contribution in [3.05, 3.63) is 71.8 Å². The molecule has 11 nitrogen and oxygen atoms in total. The smallest absolute Gasteiger partial charge is 0.337 e. The molecule has 0 bridgehead atoms. The Hall–Kier alpha value is -4.03. The molecule has 4 rings (SSSR count). The third kappa shape index (κ3) is 5.87. The summed E-state index contributed by atoms with van der Waals surface area (Å²) in [6, 6.07) is 12.4. The molecule has 192 valence electrons. The summed E-state index contributed by atoms with van der Waals surface area (Å²) >= 11 is 1.39. The van der Waals surface area contributed by atoms with Gasteiger partial charge >= 0.3 is 5.97 Å². The Kier molecular flexibility index (Phi) is 8.31. The fourth-order valence-electron chi connectivity index (χ4n) is 3.57. The maximum atomic E-state index is 12.2. The summed E-state index contributed by atoms with van der Waals surface area (Å²) in [4.78, 5) is 25.5. The van der Waals surface area contributed by atoms with Gasteiger partial charge < -0.3 is 14.2 Å². The van der Waals surface area contributed by atoms with Crippen LogP contribution in [0.15, 0.2) is 54.9 Å². The molecule has 2 unspecified atom stereocenters. The van der Waals surface area contributed by atoms with E-state index in [1.54, 1.807) is 55.4 Å². The van der Waals surface area contributed by atoms with Gasteiger partial charge in [-0.2, -0.15) is 0 Å². The van der Waals surface area contributed by atoms with E-state index in [4.69, 9.17) is 14.2 Å². The van der Waals surface area contributed by atoms with E-state index in [9.17, 15) is 4.79 Å². The second-order valence-corrected chi connectivity index (χ2v) is 9.17. The number of nitrogens with one attached hydrogen (secondary N) is 1. The van der Waals surface area contributed by atoms with Crippen LogP contribution in [0.3, 0.4) is 0 Å². The lowest BCUT2D eigenvalue weighted by molar-refractivity contribution is 0.0600. The SMILES string of the molecule is COC(=O)c1cccc(-n2c(NSC(C)C(OC)c3ncc(C)cn3)nnc2-c2cccc(OC)n2)c1. The number of nitrogens with zero attached hydrogens (tertiary/aromatic N) is 6. The molecule has 2 atom stereocenters. The van der Waals surface area contributed by atoms with Crippen LogP contribution in [0.25, 0.3) is 17.2 Å². The third-order valence-electron chi connectivity index (χ3n) is 5.42. The van der Waals surface area contributed by atoms with Crippen LogP contribution in [0.5, 0.6) is 5.88 Å². The summed E-state index contributed by atoms with van der Waals surface area (Å²) < 4.78 is 20.9. The van der Waals surface area contributed by atoms with Crippen molar-refractivity contribution in [1.82, 2.24) is 29.7 Å². The molecular formula is C25H27N7O4S. The van der Waals surface area contributed by atoms with Gasteiger partial charge in [-0.3, -0.25) is 9.29 Å². The summed E-state index contributed by atoms with van der Waals surface area (Å²) in [5.74, 6) is 1.46. The first-order valence-corrected chi connectivity index (χ1v) is 12.2. The standard InChI is InChI=1S/C25H27N7O4S/c1-15-13-26-22(27-14-15)21(35-4)16(2)37-31-25-30-29-23(19-10-7-11-20(28-19)34-3)32(25)18-9-6-8-17(12-18)24(33)36-5/h6-14,16,21H,1-5H3,(H,30,31). The third-order valence-corrected chi connectivity index (χ3v) is 6.34. The summed E-state index contributed by atoms with van der Waals surface area (Å²) in [5, 5.41) is 8.66. The van der Waals surface area contributed by atoms with Crippen LogP contribution < -0.4 is 9.46 Å². The summed E-state index contributed by atoms with van der Waals surface area (Å²) in [7, 11) is 4.51. The number of aromatic nitrogens is 6. The Balaban J connectivity index is 1.69. The van der Waals surface area contributed by atoms with Crippen LogP contribution in [0.2, 0.25) is 0 Å². The van der Waals surface area contributed by atoms with Gasteiger partial charge in [0.15, 0.2) is 11.6 Å². The van der Waals surface area contributed by atoms with E-state index in [2.05, 4.69) is 29.9 Å². The maximum absolute atomic E-state index is 12.2. The molecule has 0 amide bonds. The fraction of sp³-hybridized carbons (Fsp3) is 0.280. The summed E-state index contributed by atoms with van der Waals surface area (Å²) in [5.41, 5.74) is 2.55. The molecule has 0 aliphatic heterocycles. The topological polar surface area (TPSA) is 126 Å². The second-order valence-electron chi connectivity index (χ2n) is 7.99. The molecule has 12 heteroatoms. The normalized spacial score (nSPS) is 12.6. The van der Waals surface area contributed by atoms with E-state index in [1.165, 1.54) is 19.1 Å². The van der Waals surface area contributed by atoms with Gasteiger partial charge in [-0.25, -0.2) is 19.7 Å². The maximum Gasteiger partial charge on any atom is 0.337 e. The van der Waals surface area contributed by atoms with Crippen LogP contribution in [-0.4, -0.2) is 62.3 Å². The number of ether oxygens (including phenoxy) is 3. The van der Waals surface area contributed by atoms with E-state index in [0.29, 0.717) is 40.4 Å². The minimum Gasteiger partial charge on any atom is -0.481 e. The molecule has 1 aromatic carbocycles. The first-order valence-electron chi connectivity index (χ1n) is 11.3. The predicted molar refractivity (Wildman–Crippen MR) is 140 cm³/mol. The lowest BCUT2D eigenvalue weighted by Gasteiger charge is -2.21. The Morgan fingerprint density at radius 2 is 1.81 bits per heavy atom. The zero-order valence-electron chi connectivity index (χ0n) is 21.1. The van der Waals surface area contributed by atoms with Gasteiger partial charge in [0.2, 0.25) is 11.8 Å². The lowest BCUT2D eigenvalue weighted by atomic mass is 10.2. The monoisotopic (exact) mass is 521 g/mol. The lowest BCUT2D eigenvalue weighted by Crippen LogP contribution is -2.19. The van der Waals surface area contributed by atoms with E-state index in [0.717, 1.165) is 5.56 Å². The quantitative estimate of drug-likeness (QED) is 0.240. The molecule has 3 aromatic heterocycles. The molecule has 4 aromatic rings. The van der Waals surface area contributed by atoms with Gasteiger partial charge in [0.05, 0.1) is 30.7 Å². The highest BCUT2D eigenvalue weighted by Gasteiger charge is 2.25. The number of aryl methyl sites for hydroxylation is 1. The Morgan fingerprint density at radius 1 is 1.05 bits per heavy atom. The van der Waals surface area contributed by atoms with Gasteiger partial charge in [-0.1, -0.05) is 12.1 Å². The number of esters is 1. The highest BCUT2D eigenvalue weighted by atomic mass is 32.2. The minimum absolute atomic E-state index is 0.0994. The molecule has 0 fully saturated rings. The molecule has 0 spiro atoms. The van der Waals surface area contributed by atoms with Crippen molar-refractivity contribution in [3.8, 4) is 23.1 Å². The van der Waals surface area contributed by atoms with Crippen LogP contribution >= 0.6 is 11.9 Å². The number of hydrogen-bond acceptors (Lipinski definition) is 11. The first kappa shape index (κ1) is 26.0. The number of hydrogen-bond donors (Lipinski definition) is 1. The Bertz CT molecular complexity index is 1360. The van der Waals surface area contributed by atoms with Crippen molar-refractivity contribution in [2.45, 2.75) is 25.2 Å². The van der Waals surface area contributed by atoms with Crippen molar-refractivity contribution in [2.75, 3.05) is 26.1 Å². The first-order chi connectivity index (χ1) is 17.9. The van der Waals surface area contributed by atoms with Crippen LogP contribution in [-0.2, 0) is 9.47 Å². The van der Waals surface area contributed by atoms with Gasteiger partial charge in [0.25, 0.3) is 0 Å². The number of anilines is 1. The van der Waals surface area contributed by atoms with Crippen LogP contribution in [0.4, 0.5) is 5.95 Å². The van der Waals surface area contributed by atoms with Gasteiger partial charge in [-0.05, 0) is 55.6 Å². The summed E-state index contributed by atoms with van der Waals surface area (Å²) in [6.07, 6.45) is 3.16. The Morgan fingerprint density at radius 3 is 2.51 bits per heavy atom. The number of carbonyl (C=O) groups excluding carboxylic acids is 1. The molecule has 0 aliphatic rings. The second kappa shape index (κ2) is 11.8. The molecule has 1 N–H and O–H groups in total. The van der Waals surface area contributed by atoms with Crippen molar-refractivity contribution >= 4 is 23.9 Å². The zero-order valence-corrected chi connectivity index (χ0v) is 21.9. The van der Waals surface area contributed by atoms with Crippen molar-refractivity contribution in [3.63, 3.8) is 0 Å². The molecule has 0 saturated heterocycles. The highest BCUT2D eigenvalue weighted by Crippen LogP contribution is 2.31. The van der Waals surface area contributed by atoms with Crippen LogP contribution in [0, 0.1) is 6.92 Å². The largest absolute Gasteiger partial charge is 0.481 e. The average molecular weight is 522 g/mol. The van der Waals surface area contributed by atoms with Gasteiger partial charge in [0.1, 0.15) is 11.8 Å². The predicted octanol–water partition coefficient (Wildman–Crippen LogP) is 4.06. The number of pyridine rings is 1. The minimum atomic E-state index is -0.450. The van der Waals surface area contributed by atoms with Crippen molar-refractivity contribution in [2.24, 2.45) is 0 Å². The van der Waals surface area contributed by atoms with E-state index in [1.807, 2.05) is 32.0 Å². The molecule has 3 heterocycles. The van der Waals surface area contributed by atoms with Crippen LogP contribution in [0.1, 0.15) is 34.8 Å². The van der Waals surface area contributed by atoms with E-state index in [-0.39, 0.29) is 11.4 Å². The van der Waals surface area contributed by atoms with Gasteiger partial charge in [-0.15, -0.1) is 10.2 Å². The number of methoxy groups -OCH3 is 3. The average Bonchev–Trinajstić information content (AvgIpc) is 3.37. The van der Waals surface area contributed by atoms with E-state index < -0.39 is 5.97 Å². The number of benzene rings is 1. The van der Waals surface area contributed by atoms with Crippen molar-refractivity contribution < 1.29 is 19.0 Å². The molecular weight excluding hydrogens is 494 g/mol. The molecule has 0 saturated carbocycles. The number of rotatable bonds is 10. The van der Waals surface area contributed by atoms with E-state index >= 15 is 0 Å². The molecule has 0 radical (unpaired) electrons. The van der Waals surface area contributed by atoms with Gasteiger partial charge in [0, 0.05) is 25.6 Å². The molecule has 37 heavy (non-hydrogen) atoms. The fourth-order valence-corrected chi connectivity index (χ4v) is 4.35.